The Bertz CT molecular complexity index is 429. The van der Waals surface area contributed by atoms with Crippen molar-refractivity contribution in [3.05, 3.63) is 35.7 Å². The van der Waals surface area contributed by atoms with Crippen molar-refractivity contribution in [2.75, 3.05) is 14.2 Å². The molecule has 0 amide bonds. The second kappa shape index (κ2) is 7.29. The molecule has 1 unspecified atom stereocenters. The highest BCUT2D eigenvalue weighted by atomic mass is 16.5. The van der Waals surface area contributed by atoms with E-state index in [-0.39, 0.29) is 6.04 Å². The van der Waals surface area contributed by atoms with Crippen molar-refractivity contribution in [2.45, 2.75) is 44.6 Å². The third kappa shape index (κ3) is 3.57. The zero-order valence-electron chi connectivity index (χ0n) is 12.0. The molecule has 104 valence electrons. The molecular weight excluding hydrogens is 236 g/mol. The maximum Gasteiger partial charge on any atom is 0.142 e. The van der Waals surface area contributed by atoms with Gasteiger partial charge in [-0.1, -0.05) is 24.5 Å². The van der Waals surface area contributed by atoms with E-state index in [0.717, 1.165) is 5.75 Å². The van der Waals surface area contributed by atoms with Gasteiger partial charge < -0.3 is 10.1 Å². The van der Waals surface area contributed by atoms with Gasteiger partial charge in [0.05, 0.1) is 19.3 Å². The number of methoxy groups -OCH3 is 1. The number of ether oxygens (including phenoxy) is 1. The molecule has 1 atom stereocenters. The van der Waals surface area contributed by atoms with E-state index >= 15 is 0 Å². The summed E-state index contributed by atoms with van der Waals surface area (Å²) < 4.78 is 5.45. The zero-order chi connectivity index (χ0) is 13.5. The van der Waals surface area contributed by atoms with E-state index in [1.54, 1.807) is 13.3 Å². The molecule has 0 saturated carbocycles. The number of hydrogen-bond acceptors (Lipinski definition) is 3. The highest BCUT2D eigenvalue weighted by molar-refractivity contribution is 5.38. The van der Waals surface area contributed by atoms with Crippen LogP contribution in [0, 0.1) is 0 Å². The fraction of sp³-hybridized carbons (Fsp3) is 0.562. The topological polar surface area (TPSA) is 34.2 Å². The Hall–Kier alpha value is -1.35. The van der Waals surface area contributed by atoms with Gasteiger partial charge in [0.1, 0.15) is 5.75 Å². The molecule has 19 heavy (non-hydrogen) atoms. The van der Waals surface area contributed by atoms with Gasteiger partial charge in [-0.25, -0.2) is 0 Å². The average Bonchev–Trinajstić information content (AvgIpc) is 2.42. The van der Waals surface area contributed by atoms with Gasteiger partial charge >= 0.3 is 0 Å². The maximum atomic E-state index is 5.45. The maximum absolute atomic E-state index is 5.45. The SMILES string of the molecule is CNC(/C1=C/CCCCCC1)c1ccncc1OC. The minimum Gasteiger partial charge on any atom is -0.495 e. The number of rotatable bonds is 4. The van der Waals surface area contributed by atoms with Gasteiger partial charge in [-0.05, 0) is 38.8 Å². The molecule has 0 fully saturated rings. The fourth-order valence-electron chi connectivity index (χ4n) is 2.82. The van der Waals surface area contributed by atoms with Crippen molar-refractivity contribution in [1.82, 2.24) is 10.3 Å². The van der Waals surface area contributed by atoms with Crippen LogP contribution < -0.4 is 10.1 Å². The largest absolute Gasteiger partial charge is 0.495 e. The Balaban J connectivity index is 2.27. The van der Waals surface area contributed by atoms with Gasteiger partial charge in [0.2, 0.25) is 0 Å². The third-order valence-electron chi connectivity index (χ3n) is 3.83. The predicted octanol–water partition coefficient (Wildman–Crippen LogP) is 3.63. The molecule has 1 heterocycles. The van der Waals surface area contributed by atoms with Crippen LogP contribution in [0.15, 0.2) is 30.1 Å². The molecule has 0 spiro atoms. The van der Waals surface area contributed by atoms with E-state index in [2.05, 4.69) is 22.4 Å². The molecule has 1 N–H and O–H groups in total. The van der Waals surface area contributed by atoms with E-state index in [4.69, 9.17) is 4.74 Å². The highest BCUT2D eigenvalue weighted by Gasteiger charge is 2.19. The first-order chi connectivity index (χ1) is 9.36. The zero-order valence-corrected chi connectivity index (χ0v) is 12.0. The number of likely N-dealkylation sites (N-methyl/N-ethyl adjacent to an activating group) is 1. The lowest BCUT2D eigenvalue weighted by Gasteiger charge is -2.23. The average molecular weight is 260 g/mol. The summed E-state index contributed by atoms with van der Waals surface area (Å²) in [5, 5.41) is 3.43. The summed E-state index contributed by atoms with van der Waals surface area (Å²) in [5.74, 6) is 0.866. The standard InChI is InChI=1S/C16H24N2O/c1-17-16(13-8-6-4-3-5-7-9-13)14-10-11-18-12-15(14)19-2/h8,10-12,16-17H,3-7,9H2,1-2H3/b13-8+. The van der Waals surface area contributed by atoms with E-state index < -0.39 is 0 Å². The van der Waals surface area contributed by atoms with Crippen LogP contribution in [-0.4, -0.2) is 19.1 Å². The number of pyridine rings is 1. The van der Waals surface area contributed by atoms with Crippen LogP contribution in [0.3, 0.4) is 0 Å². The van der Waals surface area contributed by atoms with Gasteiger partial charge in [-0.3, -0.25) is 4.98 Å². The molecule has 2 rings (SSSR count). The summed E-state index contributed by atoms with van der Waals surface area (Å²) in [4.78, 5) is 4.14. The van der Waals surface area contributed by atoms with Crippen LogP contribution in [0.2, 0.25) is 0 Å². The summed E-state index contributed by atoms with van der Waals surface area (Å²) in [6.07, 6.45) is 13.7. The molecule has 0 aliphatic heterocycles. The van der Waals surface area contributed by atoms with E-state index in [9.17, 15) is 0 Å². The van der Waals surface area contributed by atoms with Crippen LogP contribution in [0.1, 0.15) is 50.1 Å². The van der Waals surface area contributed by atoms with Crippen molar-refractivity contribution < 1.29 is 4.74 Å². The highest BCUT2D eigenvalue weighted by Crippen LogP contribution is 2.32. The first kappa shape index (κ1) is 14.1. The minimum atomic E-state index is 0.246. The summed E-state index contributed by atoms with van der Waals surface area (Å²) in [7, 11) is 3.73. The van der Waals surface area contributed by atoms with Crippen LogP contribution in [-0.2, 0) is 0 Å². The van der Waals surface area contributed by atoms with Crippen molar-refractivity contribution in [3.63, 3.8) is 0 Å². The molecule has 0 bridgehead atoms. The lowest BCUT2D eigenvalue weighted by atomic mass is 9.91. The molecule has 3 nitrogen and oxygen atoms in total. The van der Waals surface area contributed by atoms with Crippen molar-refractivity contribution in [2.24, 2.45) is 0 Å². The Kier molecular flexibility index (Phi) is 5.40. The quantitative estimate of drug-likeness (QED) is 0.839. The van der Waals surface area contributed by atoms with Crippen LogP contribution >= 0.6 is 0 Å². The van der Waals surface area contributed by atoms with E-state index in [1.807, 2.05) is 13.2 Å². The van der Waals surface area contributed by atoms with Crippen molar-refractivity contribution >= 4 is 0 Å². The molecule has 0 aromatic carbocycles. The number of nitrogens with zero attached hydrogens (tertiary/aromatic N) is 1. The Morgan fingerprint density at radius 2 is 2.11 bits per heavy atom. The van der Waals surface area contributed by atoms with Crippen molar-refractivity contribution in [1.29, 1.82) is 0 Å². The predicted molar refractivity (Wildman–Crippen MR) is 78.4 cm³/mol. The molecule has 1 aliphatic rings. The van der Waals surface area contributed by atoms with Crippen LogP contribution in [0.25, 0.3) is 0 Å². The smallest absolute Gasteiger partial charge is 0.142 e. The summed E-state index contributed by atoms with van der Waals surface area (Å²) >= 11 is 0. The van der Waals surface area contributed by atoms with E-state index in [0.29, 0.717) is 0 Å². The second-order valence-electron chi connectivity index (χ2n) is 5.07. The first-order valence-corrected chi connectivity index (χ1v) is 7.21. The molecule has 0 saturated heterocycles. The normalized spacial score (nSPS) is 20.8. The molecule has 0 radical (unpaired) electrons. The minimum absolute atomic E-state index is 0.246. The molecular formula is C16H24N2O. The van der Waals surface area contributed by atoms with Crippen LogP contribution in [0.4, 0.5) is 0 Å². The molecule has 1 aromatic rings. The number of aromatic nitrogens is 1. The lowest BCUT2D eigenvalue weighted by molar-refractivity contribution is 0.402. The molecule has 1 aliphatic carbocycles. The Morgan fingerprint density at radius 1 is 1.26 bits per heavy atom. The lowest BCUT2D eigenvalue weighted by Crippen LogP contribution is -2.20. The summed E-state index contributed by atoms with van der Waals surface area (Å²) in [6, 6.07) is 2.30. The Morgan fingerprint density at radius 3 is 2.89 bits per heavy atom. The van der Waals surface area contributed by atoms with Gasteiger partial charge in [0, 0.05) is 11.8 Å². The number of hydrogen-bond donors (Lipinski definition) is 1. The fourth-order valence-corrected chi connectivity index (χ4v) is 2.82. The van der Waals surface area contributed by atoms with E-state index in [1.165, 1.54) is 49.7 Å². The summed E-state index contributed by atoms with van der Waals surface area (Å²) in [6.45, 7) is 0. The van der Waals surface area contributed by atoms with Gasteiger partial charge in [-0.15, -0.1) is 0 Å². The number of nitrogens with one attached hydrogen (secondary N) is 1. The monoisotopic (exact) mass is 260 g/mol. The Labute approximate surface area is 116 Å². The van der Waals surface area contributed by atoms with Gasteiger partial charge in [0.15, 0.2) is 0 Å². The van der Waals surface area contributed by atoms with Gasteiger partial charge in [0.25, 0.3) is 0 Å². The summed E-state index contributed by atoms with van der Waals surface area (Å²) in [5.41, 5.74) is 2.68. The van der Waals surface area contributed by atoms with Gasteiger partial charge in [-0.2, -0.15) is 0 Å². The first-order valence-electron chi connectivity index (χ1n) is 7.21. The third-order valence-corrected chi connectivity index (χ3v) is 3.83. The van der Waals surface area contributed by atoms with Crippen molar-refractivity contribution in [3.8, 4) is 5.75 Å². The number of allylic oxidation sites excluding steroid dienone is 1. The van der Waals surface area contributed by atoms with Crippen LogP contribution in [0.5, 0.6) is 5.75 Å². The molecule has 1 aromatic heterocycles. The molecule has 3 heteroatoms. The second-order valence-corrected chi connectivity index (χ2v) is 5.07.